The summed E-state index contributed by atoms with van der Waals surface area (Å²) in [7, 11) is 0. The van der Waals surface area contributed by atoms with Gasteiger partial charge in [-0.2, -0.15) is 0 Å². The van der Waals surface area contributed by atoms with E-state index in [1.165, 1.54) is 0 Å². The van der Waals surface area contributed by atoms with Crippen molar-refractivity contribution in [3.63, 3.8) is 0 Å². The number of Topliss-reactive ketones (excluding diaryl/α,β-unsaturated/α-hetero) is 1. The lowest BCUT2D eigenvalue weighted by atomic mass is 10.3. The predicted molar refractivity (Wildman–Crippen MR) is 49.8 cm³/mol. The molecule has 0 saturated carbocycles. The van der Waals surface area contributed by atoms with Crippen LogP contribution in [-0.2, 0) is 9.53 Å². The normalized spacial score (nSPS) is 12.8. The fraction of sp³-hybridized carbons (Fsp3) is 0.500. The summed E-state index contributed by atoms with van der Waals surface area (Å²) < 4.78 is 4.80. The van der Waals surface area contributed by atoms with Crippen LogP contribution in [0.1, 0.15) is 26.7 Å². The van der Waals surface area contributed by atoms with E-state index in [0.717, 1.165) is 6.61 Å². The van der Waals surface area contributed by atoms with Crippen LogP contribution in [0.3, 0.4) is 0 Å². The Morgan fingerprint density at radius 1 is 1.33 bits per heavy atom. The van der Waals surface area contributed by atoms with Crippen molar-refractivity contribution < 1.29 is 9.53 Å². The van der Waals surface area contributed by atoms with Crippen LogP contribution in [0.15, 0.2) is 24.5 Å². The van der Waals surface area contributed by atoms with Crippen molar-refractivity contribution in [1.82, 2.24) is 0 Å². The minimum atomic E-state index is 0.343. The fourth-order valence-corrected chi connectivity index (χ4v) is 0.596. The van der Waals surface area contributed by atoms with Gasteiger partial charge in [-0.15, -0.1) is 0 Å². The maximum absolute atomic E-state index is 10.2. The zero-order valence-electron chi connectivity index (χ0n) is 7.75. The average Bonchev–Trinajstić information content (AvgIpc) is 2.20. The molecule has 1 heterocycles. The molecule has 0 spiro atoms. The van der Waals surface area contributed by atoms with Crippen molar-refractivity contribution in [2.75, 3.05) is 6.61 Å². The first-order valence-corrected chi connectivity index (χ1v) is 4.26. The van der Waals surface area contributed by atoms with Gasteiger partial charge < -0.3 is 4.74 Å². The number of carbonyl (C=O) groups excluding carboxylic acids is 1. The number of allylic oxidation sites excluding steroid dienone is 2. The van der Waals surface area contributed by atoms with E-state index in [4.69, 9.17) is 4.74 Å². The zero-order valence-corrected chi connectivity index (χ0v) is 7.75. The summed E-state index contributed by atoms with van der Waals surface area (Å²) in [5.74, 6) is 0.343. The van der Waals surface area contributed by atoms with Crippen LogP contribution in [0.4, 0.5) is 0 Å². The second-order valence-corrected chi connectivity index (χ2v) is 2.34. The lowest BCUT2D eigenvalue weighted by Gasteiger charge is -1.94. The Balaban J connectivity index is 0.000000202. The molecule has 0 saturated heterocycles. The van der Waals surface area contributed by atoms with Crippen LogP contribution in [0, 0.1) is 0 Å². The number of ether oxygens (including phenoxy) is 1. The van der Waals surface area contributed by atoms with E-state index in [0.29, 0.717) is 18.6 Å². The monoisotopic (exact) mass is 168 g/mol. The smallest absolute Gasteiger partial charge is 0.132 e. The van der Waals surface area contributed by atoms with Gasteiger partial charge in [0.05, 0.1) is 6.26 Å². The molecule has 1 aliphatic rings. The van der Waals surface area contributed by atoms with Crippen molar-refractivity contribution >= 4 is 5.78 Å². The van der Waals surface area contributed by atoms with Crippen molar-refractivity contribution in [1.29, 1.82) is 0 Å². The minimum Gasteiger partial charge on any atom is -0.497 e. The first kappa shape index (κ1) is 11.0. The summed E-state index contributed by atoms with van der Waals surface area (Å²) in [6.45, 7) is 4.49. The number of hydrogen-bond donors (Lipinski definition) is 0. The number of rotatable bonds is 2. The molecule has 1 aliphatic heterocycles. The summed E-state index contributed by atoms with van der Waals surface area (Å²) in [6, 6.07) is 0. The van der Waals surface area contributed by atoms with Gasteiger partial charge in [-0.25, -0.2) is 0 Å². The van der Waals surface area contributed by atoms with Gasteiger partial charge >= 0.3 is 0 Å². The van der Waals surface area contributed by atoms with Crippen molar-refractivity contribution in [3.05, 3.63) is 24.5 Å². The van der Waals surface area contributed by atoms with E-state index in [1.54, 1.807) is 6.26 Å². The fourth-order valence-electron chi connectivity index (χ4n) is 0.596. The Kier molecular flexibility index (Phi) is 7.35. The molecule has 0 unspecified atom stereocenters. The maximum Gasteiger partial charge on any atom is 0.132 e. The molecule has 2 heteroatoms. The highest BCUT2D eigenvalue weighted by atomic mass is 16.5. The molecular formula is C10H16O2. The van der Waals surface area contributed by atoms with Crippen molar-refractivity contribution in [2.24, 2.45) is 0 Å². The molecule has 0 aromatic carbocycles. The molecule has 68 valence electrons. The average molecular weight is 168 g/mol. The van der Waals surface area contributed by atoms with Crippen LogP contribution in [0.25, 0.3) is 0 Å². The van der Waals surface area contributed by atoms with Gasteiger partial charge in [0.25, 0.3) is 0 Å². The van der Waals surface area contributed by atoms with Crippen LogP contribution in [0.2, 0.25) is 0 Å². The van der Waals surface area contributed by atoms with Gasteiger partial charge in [0, 0.05) is 12.8 Å². The molecule has 0 aliphatic carbocycles. The van der Waals surface area contributed by atoms with Gasteiger partial charge in [-0.1, -0.05) is 19.9 Å². The van der Waals surface area contributed by atoms with E-state index in [9.17, 15) is 4.79 Å². The van der Waals surface area contributed by atoms with E-state index in [2.05, 4.69) is 0 Å². The minimum absolute atomic E-state index is 0.343. The van der Waals surface area contributed by atoms with E-state index >= 15 is 0 Å². The highest BCUT2D eigenvalue weighted by Crippen LogP contribution is 1.87. The molecule has 0 amide bonds. The summed E-state index contributed by atoms with van der Waals surface area (Å²) in [5, 5.41) is 0. The first-order chi connectivity index (χ1) is 5.81. The third-order valence-corrected chi connectivity index (χ3v) is 1.40. The summed E-state index contributed by atoms with van der Waals surface area (Å²) >= 11 is 0. The van der Waals surface area contributed by atoms with Crippen LogP contribution >= 0.6 is 0 Å². The third-order valence-electron chi connectivity index (χ3n) is 1.40. The number of hydrogen-bond acceptors (Lipinski definition) is 2. The van der Waals surface area contributed by atoms with Gasteiger partial charge in [0.15, 0.2) is 0 Å². The SMILES string of the molecule is C1=CCOC=C1.CCC(=O)CC. The van der Waals surface area contributed by atoms with Gasteiger partial charge in [0.1, 0.15) is 12.4 Å². The Morgan fingerprint density at radius 2 is 2.00 bits per heavy atom. The second kappa shape index (κ2) is 8.05. The van der Waals surface area contributed by atoms with Gasteiger partial charge in [-0.05, 0) is 12.2 Å². The zero-order chi connectivity index (χ0) is 9.23. The number of ketones is 1. The van der Waals surface area contributed by atoms with E-state index in [1.807, 2.05) is 32.1 Å². The molecule has 0 radical (unpaired) electrons. The van der Waals surface area contributed by atoms with Crippen molar-refractivity contribution in [2.45, 2.75) is 26.7 Å². The van der Waals surface area contributed by atoms with Crippen molar-refractivity contribution in [3.8, 4) is 0 Å². The molecule has 0 fully saturated rings. The molecule has 0 aromatic heterocycles. The second-order valence-electron chi connectivity index (χ2n) is 2.34. The Bertz CT molecular complexity index is 151. The maximum atomic E-state index is 10.2. The highest BCUT2D eigenvalue weighted by molar-refractivity contribution is 5.77. The molecule has 1 rings (SSSR count). The Labute approximate surface area is 73.9 Å². The van der Waals surface area contributed by atoms with E-state index < -0.39 is 0 Å². The molecule has 12 heavy (non-hydrogen) atoms. The predicted octanol–water partition coefficient (Wildman–Crippen LogP) is 2.46. The lowest BCUT2D eigenvalue weighted by molar-refractivity contribution is -0.118. The van der Waals surface area contributed by atoms with Gasteiger partial charge in [0.2, 0.25) is 0 Å². The third kappa shape index (κ3) is 7.06. The van der Waals surface area contributed by atoms with Crippen LogP contribution in [0.5, 0.6) is 0 Å². The van der Waals surface area contributed by atoms with Gasteiger partial charge in [-0.3, -0.25) is 4.79 Å². The standard InChI is InChI=1S/C5H6O.C5H10O/c1-2-4-6-5-3-1;1-3-5(6)4-2/h1-4H,5H2;3-4H2,1-2H3. The molecule has 0 bridgehead atoms. The Morgan fingerprint density at radius 3 is 2.08 bits per heavy atom. The summed E-state index contributed by atoms with van der Waals surface area (Å²) in [6.07, 6.45) is 8.85. The van der Waals surface area contributed by atoms with Crippen LogP contribution in [-0.4, -0.2) is 12.4 Å². The molecule has 0 atom stereocenters. The Hall–Kier alpha value is -1.05. The topological polar surface area (TPSA) is 26.3 Å². The van der Waals surface area contributed by atoms with E-state index in [-0.39, 0.29) is 0 Å². The molecule has 2 nitrogen and oxygen atoms in total. The largest absolute Gasteiger partial charge is 0.497 e. The molecule has 0 N–H and O–H groups in total. The quantitative estimate of drug-likeness (QED) is 0.633. The summed E-state index contributed by atoms with van der Waals surface area (Å²) in [4.78, 5) is 10.2. The highest BCUT2D eigenvalue weighted by Gasteiger charge is 1.86. The lowest BCUT2D eigenvalue weighted by Crippen LogP contribution is -1.88. The molecular weight excluding hydrogens is 152 g/mol. The molecule has 0 aromatic rings. The van der Waals surface area contributed by atoms with Crippen LogP contribution < -0.4 is 0 Å². The summed E-state index contributed by atoms with van der Waals surface area (Å²) in [5.41, 5.74) is 0. The first-order valence-electron chi connectivity index (χ1n) is 4.26. The number of carbonyl (C=O) groups is 1.